The van der Waals surface area contributed by atoms with Crippen molar-refractivity contribution in [2.75, 3.05) is 13.2 Å². The molecule has 4 heteroatoms. The number of hydrogen-bond acceptors (Lipinski definition) is 2. The van der Waals surface area contributed by atoms with E-state index in [1.54, 1.807) is 0 Å². The summed E-state index contributed by atoms with van der Waals surface area (Å²) in [6.07, 6.45) is 7.33. The molecule has 0 aromatic heterocycles. The number of urea groups is 1. The van der Waals surface area contributed by atoms with E-state index in [1.807, 2.05) is 4.90 Å². The molecule has 2 unspecified atom stereocenters. The molecule has 0 bridgehead atoms. The van der Waals surface area contributed by atoms with Crippen LogP contribution in [0.5, 0.6) is 0 Å². The number of amides is 2. The summed E-state index contributed by atoms with van der Waals surface area (Å²) in [6.45, 7) is 1.47. The molecule has 2 aliphatic carbocycles. The number of rotatable bonds is 1. The first-order valence-corrected chi connectivity index (χ1v) is 6.53. The SMILES string of the molecule is O=C(NC1CC1)N1CCOC2CCCCC21. The Hall–Kier alpha value is -0.770. The van der Waals surface area contributed by atoms with Crippen LogP contribution in [0.2, 0.25) is 0 Å². The van der Waals surface area contributed by atoms with Crippen LogP contribution >= 0.6 is 0 Å². The molecule has 0 aromatic rings. The number of fused-ring (bicyclic) bond motifs is 1. The van der Waals surface area contributed by atoms with Crippen LogP contribution in [-0.2, 0) is 4.74 Å². The average molecular weight is 224 g/mol. The van der Waals surface area contributed by atoms with Crippen LogP contribution in [0.15, 0.2) is 0 Å². The summed E-state index contributed by atoms with van der Waals surface area (Å²) in [5.74, 6) is 0. The van der Waals surface area contributed by atoms with Crippen molar-refractivity contribution in [3.63, 3.8) is 0 Å². The van der Waals surface area contributed by atoms with Crippen molar-refractivity contribution in [1.29, 1.82) is 0 Å². The fraction of sp³-hybridized carbons (Fsp3) is 0.917. The van der Waals surface area contributed by atoms with Gasteiger partial charge in [-0.25, -0.2) is 4.79 Å². The molecule has 0 spiro atoms. The molecular formula is C12H20N2O2. The zero-order valence-corrected chi connectivity index (χ0v) is 9.65. The Morgan fingerprint density at radius 2 is 2.00 bits per heavy atom. The van der Waals surface area contributed by atoms with Gasteiger partial charge in [-0.1, -0.05) is 12.8 Å². The molecule has 1 heterocycles. The van der Waals surface area contributed by atoms with Crippen molar-refractivity contribution in [1.82, 2.24) is 10.2 Å². The zero-order valence-electron chi connectivity index (χ0n) is 9.65. The van der Waals surface area contributed by atoms with Crippen LogP contribution in [0.25, 0.3) is 0 Å². The second kappa shape index (κ2) is 4.24. The summed E-state index contributed by atoms with van der Waals surface area (Å²) >= 11 is 0. The van der Waals surface area contributed by atoms with Crippen molar-refractivity contribution >= 4 is 6.03 Å². The number of hydrogen-bond donors (Lipinski definition) is 1. The van der Waals surface area contributed by atoms with Gasteiger partial charge in [0.15, 0.2) is 0 Å². The molecule has 1 N–H and O–H groups in total. The first-order valence-electron chi connectivity index (χ1n) is 6.53. The quantitative estimate of drug-likeness (QED) is 0.733. The van der Waals surface area contributed by atoms with Gasteiger partial charge in [0, 0.05) is 12.6 Å². The fourth-order valence-corrected chi connectivity index (χ4v) is 2.83. The molecule has 0 radical (unpaired) electrons. The Balaban J connectivity index is 1.64. The lowest BCUT2D eigenvalue weighted by Crippen LogP contribution is -2.57. The molecule has 3 fully saturated rings. The average Bonchev–Trinajstić information content (AvgIpc) is 3.12. The molecule has 0 aromatic carbocycles. The van der Waals surface area contributed by atoms with Gasteiger partial charge in [-0.3, -0.25) is 0 Å². The number of carbonyl (C=O) groups is 1. The lowest BCUT2D eigenvalue weighted by Gasteiger charge is -2.43. The van der Waals surface area contributed by atoms with E-state index >= 15 is 0 Å². The van der Waals surface area contributed by atoms with E-state index in [0.717, 1.165) is 32.2 Å². The van der Waals surface area contributed by atoms with E-state index in [-0.39, 0.29) is 6.03 Å². The highest BCUT2D eigenvalue weighted by Crippen LogP contribution is 2.29. The molecule has 3 rings (SSSR count). The normalized spacial score (nSPS) is 34.4. The van der Waals surface area contributed by atoms with Gasteiger partial charge in [0.2, 0.25) is 0 Å². The number of morpholine rings is 1. The lowest BCUT2D eigenvalue weighted by atomic mass is 9.90. The molecule has 90 valence electrons. The van der Waals surface area contributed by atoms with Gasteiger partial charge < -0.3 is 15.0 Å². The maximum absolute atomic E-state index is 12.1. The molecular weight excluding hydrogens is 204 g/mol. The van der Waals surface area contributed by atoms with Crippen LogP contribution < -0.4 is 5.32 Å². The van der Waals surface area contributed by atoms with Crippen molar-refractivity contribution in [2.24, 2.45) is 0 Å². The Kier molecular flexibility index (Phi) is 2.75. The fourth-order valence-electron chi connectivity index (χ4n) is 2.83. The molecule has 2 saturated carbocycles. The second-order valence-electron chi connectivity index (χ2n) is 5.18. The summed E-state index contributed by atoms with van der Waals surface area (Å²) in [5.41, 5.74) is 0. The van der Waals surface area contributed by atoms with Gasteiger partial charge in [0.1, 0.15) is 0 Å². The third-order valence-corrected chi connectivity index (χ3v) is 3.90. The summed E-state index contributed by atoms with van der Waals surface area (Å²) in [5, 5.41) is 3.09. The lowest BCUT2D eigenvalue weighted by molar-refractivity contribution is -0.0712. The van der Waals surface area contributed by atoms with Gasteiger partial charge in [-0.15, -0.1) is 0 Å². The number of nitrogens with one attached hydrogen (secondary N) is 1. The highest BCUT2D eigenvalue weighted by Gasteiger charge is 2.37. The van der Waals surface area contributed by atoms with Crippen LogP contribution in [0.4, 0.5) is 4.79 Å². The minimum atomic E-state index is 0.141. The van der Waals surface area contributed by atoms with Crippen LogP contribution in [-0.4, -0.2) is 42.3 Å². The van der Waals surface area contributed by atoms with Gasteiger partial charge in [0.05, 0.1) is 18.8 Å². The summed E-state index contributed by atoms with van der Waals surface area (Å²) in [7, 11) is 0. The van der Waals surface area contributed by atoms with Gasteiger partial charge >= 0.3 is 6.03 Å². The maximum atomic E-state index is 12.1. The van der Waals surface area contributed by atoms with Crippen LogP contribution in [0.1, 0.15) is 38.5 Å². The van der Waals surface area contributed by atoms with Crippen molar-refractivity contribution in [3.8, 4) is 0 Å². The number of ether oxygens (including phenoxy) is 1. The van der Waals surface area contributed by atoms with E-state index in [0.29, 0.717) is 24.8 Å². The van der Waals surface area contributed by atoms with Crippen molar-refractivity contribution in [2.45, 2.75) is 56.7 Å². The van der Waals surface area contributed by atoms with Gasteiger partial charge in [-0.2, -0.15) is 0 Å². The Morgan fingerprint density at radius 1 is 1.19 bits per heavy atom. The summed E-state index contributed by atoms with van der Waals surface area (Å²) in [4.78, 5) is 14.1. The third-order valence-electron chi connectivity index (χ3n) is 3.90. The summed E-state index contributed by atoms with van der Waals surface area (Å²) in [6, 6.07) is 0.932. The van der Waals surface area contributed by atoms with Crippen molar-refractivity contribution < 1.29 is 9.53 Å². The topological polar surface area (TPSA) is 41.6 Å². The molecule has 2 atom stereocenters. The van der Waals surface area contributed by atoms with E-state index < -0.39 is 0 Å². The second-order valence-corrected chi connectivity index (χ2v) is 5.18. The third kappa shape index (κ3) is 2.03. The minimum Gasteiger partial charge on any atom is -0.374 e. The maximum Gasteiger partial charge on any atom is 0.318 e. The number of carbonyl (C=O) groups excluding carboxylic acids is 1. The monoisotopic (exact) mass is 224 g/mol. The van der Waals surface area contributed by atoms with E-state index in [1.165, 1.54) is 12.8 Å². The predicted octanol–water partition coefficient (Wildman–Crippen LogP) is 1.50. The van der Waals surface area contributed by atoms with Gasteiger partial charge in [0.25, 0.3) is 0 Å². The predicted molar refractivity (Wildman–Crippen MR) is 60.3 cm³/mol. The van der Waals surface area contributed by atoms with E-state index in [2.05, 4.69) is 5.32 Å². The Bertz CT molecular complexity index is 276. The van der Waals surface area contributed by atoms with E-state index in [4.69, 9.17) is 4.74 Å². The van der Waals surface area contributed by atoms with Gasteiger partial charge in [-0.05, 0) is 25.7 Å². The summed E-state index contributed by atoms with van der Waals surface area (Å²) < 4.78 is 5.76. The number of nitrogens with zero attached hydrogens (tertiary/aromatic N) is 1. The molecule has 4 nitrogen and oxygen atoms in total. The first-order chi connectivity index (χ1) is 7.84. The standard InChI is InChI=1S/C12H20N2O2/c15-12(13-9-5-6-9)14-7-8-16-11-4-2-1-3-10(11)14/h9-11H,1-8H2,(H,13,15). The molecule has 2 amide bonds. The van der Waals surface area contributed by atoms with E-state index in [9.17, 15) is 4.79 Å². The zero-order chi connectivity index (χ0) is 11.0. The Labute approximate surface area is 96.3 Å². The molecule has 1 saturated heterocycles. The molecule has 16 heavy (non-hydrogen) atoms. The largest absolute Gasteiger partial charge is 0.374 e. The van der Waals surface area contributed by atoms with Crippen LogP contribution in [0.3, 0.4) is 0 Å². The highest BCUT2D eigenvalue weighted by atomic mass is 16.5. The smallest absolute Gasteiger partial charge is 0.318 e. The molecule has 3 aliphatic rings. The van der Waals surface area contributed by atoms with Crippen LogP contribution in [0, 0.1) is 0 Å². The van der Waals surface area contributed by atoms with Crippen molar-refractivity contribution in [3.05, 3.63) is 0 Å². The highest BCUT2D eigenvalue weighted by molar-refractivity contribution is 5.75. The Morgan fingerprint density at radius 3 is 2.81 bits per heavy atom. The first kappa shape index (κ1) is 10.4. The minimum absolute atomic E-state index is 0.141. The molecule has 1 aliphatic heterocycles.